The predicted molar refractivity (Wildman–Crippen MR) is 147 cm³/mol. The van der Waals surface area contributed by atoms with Crippen molar-refractivity contribution in [3.63, 3.8) is 0 Å². The molecule has 0 heterocycles. The van der Waals surface area contributed by atoms with Crippen LogP contribution < -0.4 is 10.6 Å². The fourth-order valence-corrected chi connectivity index (χ4v) is 5.88. The van der Waals surface area contributed by atoms with Gasteiger partial charge in [0.1, 0.15) is 9.79 Å². The molecule has 4 N–H and O–H groups in total. The van der Waals surface area contributed by atoms with E-state index in [9.17, 15) is 35.5 Å². The normalized spacial score (nSPS) is 12.2. The number of hydrogen-bond donors (Lipinski definition) is 4. The Morgan fingerprint density at radius 3 is 1.35 bits per heavy atom. The second-order valence-electron chi connectivity index (χ2n) is 8.34. The lowest BCUT2D eigenvalue weighted by Gasteiger charge is -2.21. The van der Waals surface area contributed by atoms with Gasteiger partial charge in [0.15, 0.2) is 0 Å². The molecule has 40 heavy (non-hydrogen) atoms. The van der Waals surface area contributed by atoms with E-state index < -0.39 is 47.4 Å². The van der Waals surface area contributed by atoms with Gasteiger partial charge in [0.05, 0.1) is 11.4 Å². The highest BCUT2D eigenvalue weighted by molar-refractivity contribution is 7.89. The van der Waals surface area contributed by atoms with Gasteiger partial charge in [-0.25, -0.2) is 0 Å². The molecular formula is C28H22N2O8S2. The van der Waals surface area contributed by atoms with Crippen molar-refractivity contribution in [3.05, 3.63) is 131 Å². The molecule has 204 valence electrons. The summed E-state index contributed by atoms with van der Waals surface area (Å²) in [6, 6.07) is 26.9. The van der Waals surface area contributed by atoms with Crippen molar-refractivity contribution < 1.29 is 35.5 Å². The third kappa shape index (κ3) is 6.50. The summed E-state index contributed by atoms with van der Waals surface area (Å²) in [5.41, 5.74) is -0.297. The number of carbonyl (C=O) groups is 2. The van der Waals surface area contributed by atoms with Crippen molar-refractivity contribution in [2.75, 3.05) is 0 Å². The van der Waals surface area contributed by atoms with Crippen molar-refractivity contribution in [1.82, 2.24) is 10.6 Å². The average molecular weight is 579 g/mol. The minimum atomic E-state index is -5.33. The summed E-state index contributed by atoms with van der Waals surface area (Å²) in [6.07, 6.45) is 0. The number of nitrogens with one attached hydrogen (secondary N) is 2. The summed E-state index contributed by atoms with van der Waals surface area (Å²) in [5, 5.41) is 5.25. The lowest BCUT2D eigenvalue weighted by Crippen LogP contribution is -2.30. The Kier molecular flexibility index (Phi) is 8.26. The Hall–Kier alpha value is -4.62. The zero-order valence-corrected chi connectivity index (χ0v) is 22.2. The summed E-state index contributed by atoms with van der Waals surface area (Å²) in [4.78, 5) is 24.3. The van der Waals surface area contributed by atoms with Gasteiger partial charge >= 0.3 is 0 Å². The number of hydrogen-bond acceptors (Lipinski definition) is 6. The van der Waals surface area contributed by atoms with Gasteiger partial charge in [0.25, 0.3) is 32.1 Å². The van der Waals surface area contributed by atoms with Gasteiger partial charge in [-0.1, -0.05) is 78.9 Å². The smallest absolute Gasteiger partial charge is 0.296 e. The molecule has 0 spiro atoms. The molecule has 0 unspecified atom stereocenters. The minimum absolute atomic E-state index is 0.115. The van der Waals surface area contributed by atoms with E-state index in [-0.39, 0.29) is 22.5 Å². The molecule has 0 saturated heterocycles. The molecule has 0 aliphatic rings. The number of benzene rings is 4. The standard InChI is InChI=1S/C28H22N2O8S2/c31-27(20-13-6-2-7-14-20)29-24(19-11-4-1-5-12-19)25(30-28(32)21-15-8-3-9-16-21)22-17-10-18-23(39(33,34)35)26(22)40(36,37)38/h1-18H,(H,29,31)(H,30,32)(H,33,34,35)(H,36,37,38). The van der Waals surface area contributed by atoms with E-state index in [1.807, 2.05) is 0 Å². The van der Waals surface area contributed by atoms with Gasteiger partial charge < -0.3 is 10.6 Å². The van der Waals surface area contributed by atoms with Crippen LogP contribution in [0.25, 0.3) is 11.4 Å². The van der Waals surface area contributed by atoms with Gasteiger partial charge in [-0.15, -0.1) is 0 Å². The van der Waals surface area contributed by atoms with Crippen LogP contribution >= 0.6 is 0 Å². The molecule has 0 aromatic heterocycles. The molecule has 4 rings (SSSR count). The van der Waals surface area contributed by atoms with Crippen LogP contribution in [0.1, 0.15) is 31.8 Å². The van der Waals surface area contributed by atoms with Gasteiger partial charge in [-0.05, 0) is 30.3 Å². The maximum Gasteiger partial charge on any atom is 0.296 e. The molecule has 0 radical (unpaired) electrons. The highest BCUT2D eigenvalue weighted by Crippen LogP contribution is 2.32. The zero-order chi connectivity index (χ0) is 28.9. The molecule has 0 bridgehead atoms. The SMILES string of the molecule is O=C(NC(=C(NC(=O)c1ccccc1)c1cccc(S(=O)(=O)O)c1S(=O)(=O)O)c1ccccc1)c1ccccc1. The molecule has 0 saturated carbocycles. The van der Waals surface area contributed by atoms with Crippen LogP contribution in [0.5, 0.6) is 0 Å². The van der Waals surface area contributed by atoms with Gasteiger partial charge in [-0.3, -0.25) is 18.7 Å². The van der Waals surface area contributed by atoms with E-state index >= 15 is 0 Å². The second-order valence-corrected chi connectivity index (χ2v) is 11.1. The fraction of sp³-hybridized carbons (Fsp3) is 0. The summed E-state index contributed by atoms with van der Waals surface area (Å²) < 4.78 is 69.2. The maximum atomic E-state index is 13.3. The highest BCUT2D eigenvalue weighted by atomic mass is 32.2. The second kappa shape index (κ2) is 11.6. The maximum absolute atomic E-state index is 13.3. The molecular weight excluding hydrogens is 556 g/mol. The molecule has 0 aliphatic heterocycles. The summed E-state index contributed by atoms with van der Waals surface area (Å²) >= 11 is 0. The first-order valence-corrected chi connectivity index (χ1v) is 14.5. The first-order chi connectivity index (χ1) is 19.0. The fourth-order valence-electron chi connectivity index (χ4n) is 3.88. The number of rotatable bonds is 8. The zero-order valence-electron chi connectivity index (χ0n) is 20.6. The van der Waals surface area contributed by atoms with Crippen LogP contribution in [0, 0.1) is 0 Å². The number of carbonyl (C=O) groups excluding carboxylic acids is 2. The predicted octanol–water partition coefficient (Wildman–Crippen LogP) is 3.87. The Balaban J connectivity index is 2.07. The van der Waals surface area contributed by atoms with Crippen molar-refractivity contribution in [2.24, 2.45) is 0 Å². The Morgan fingerprint density at radius 2 is 0.925 bits per heavy atom. The van der Waals surface area contributed by atoms with E-state index in [4.69, 9.17) is 0 Å². The van der Waals surface area contributed by atoms with Crippen molar-refractivity contribution in [3.8, 4) is 0 Å². The molecule has 0 aliphatic carbocycles. The summed E-state index contributed by atoms with van der Waals surface area (Å²) in [7, 11) is -10.5. The third-order valence-corrected chi connectivity index (χ3v) is 7.63. The monoisotopic (exact) mass is 578 g/mol. The quantitative estimate of drug-likeness (QED) is 0.181. The van der Waals surface area contributed by atoms with Crippen molar-refractivity contribution >= 4 is 43.4 Å². The van der Waals surface area contributed by atoms with Crippen molar-refractivity contribution in [1.29, 1.82) is 0 Å². The Bertz CT molecular complexity index is 1810. The van der Waals surface area contributed by atoms with Crippen LogP contribution in [-0.4, -0.2) is 37.8 Å². The van der Waals surface area contributed by atoms with Gasteiger partial charge in [0.2, 0.25) is 0 Å². The van der Waals surface area contributed by atoms with Crippen LogP contribution in [0.3, 0.4) is 0 Å². The minimum Gasteiger partial charge on any atom is -0.320 e. The summed E-state index contributed by atoms with van der Waals surface area (Å²) in [5.74, 6) is -1.37. The van der Waals surface area contributed by atoms with Crippen LogP contribution in [-0.2, 0) is 20.2 Å². The molecule has 0 fully saturated rings. The largest absolute Gasteiger partial charge is 0.320 e. The third-order valence-electron chi connectivity index (χ3n) is 5.65. The van der Waals surface area contributed by atoms with E-state index in [0.29, 0.717) is 5.56 Å². The van der Waals surface area contributed by atoms with Crippen molar-refractivity contribution in [2.45, 2.75) is 9.79 Å². The summed E-state index contributed by atoms with van der Waals surface area (Å²) in [6.45, 7) is 0. The molecule has 4 aromatic rings. The molecule has 0 atom stereocenters. The molecule has 2 amide bonds. The van der Waals surface area contributed by atoms with Crippen LogP contribution in [0.2, 0.25) is 0 Å². The van der Waals surface area contributed by atoms with Crippen LogP contribution in [0.4, 0.5) is 0 Å². The van der Waals surface area contributed by atoms with E-state index in [0.717, 1.165) is 18.2 Å². The molecule has 12 heteroatoms. The van der Waals surface area contributed by atoms with Gasteiger partial charge in [0, 0.05) is 22.3 Å². The van der Waals surface area contributed by atoms with E-state index in [1.165, 1.54) is 24.3 Å². The lowest BCUT2D eigenvalue weighted by atomic mass is 10.0. The first-order valence-electron chi connectivity index (χ1n) is 11.6. The molecule has 10 nitrogen and oxygen atoms in total. The average Bonchev–Trinajstić information content (AvgIpc) is 2.94. The lowest BCUT2D eigenvalue weighted by molar-refractivity contribution is 0.0961. The van der Waals surface area contributed by atoms with Gasteiger partial charge in [-0.2, -0.15) is 16.8 Å². The Labute approximate surface area is 230 Å². The molecule has 4 aromatic carbocycles. The van der Waals surface area contributed by atoms with Crippen LogP contribution in [0.15, 0.2) is 119 Å². The van der Waals surface area contributed by atoms with E-state index in [2.05, 4.69) is 10.6 Å². The Morgan fingerprint density at radius 1 is 0.500 bits per heavy atom. The highest BCUT2D eigenvalue weighted by Gasteiger charge is 2.31. The van der Waals surface area contributed by atoms with E-state index in [1.54, 1.807) is 66.7 Å². The number of amides is 2. The topological polar surface area (TPSA) is 167 Å². The first kappa shape index (κ1) is 28.4.